The number of hydrogen-bond acceptors (Lipinski definition) is 1. The third kappa shape index (κ3) is 5.67. The van der Waals surface area contributed by atoms with E-state index in [0.29, 0.717) is 17.6 Å². The van der Waals surface area contributed by atoms with Gasteiger partial charge in [0.25, 0.3) is 0 Å². The minimum absolute atomic E-state index is 0.457. The normalized spacial score (nSPS) is 13.2. The van der Waals surface area contributed by atoms with Crippen molar-refractivity contribution < 1.29 is 5.11 Å². The monoisotopic (exact) mass is 142 g/mol. The van der Waals surface area contributed by atoms with Crippen molar-refractivity contribution in [1.82, 2.24) is 0 Å². The molecule has 60 valence electrons. The van der Waals surface area contributed by atoms with Gasteiger partial charge in [-0.25, -0.2) is 0 Å². The predicted octanol–water partition coefficient (Wildman–Crippen LogP) is 3.13. The molecule has 0 rings (SSSR count). The molecule has 0 aliphatic carbocycles. The summed E-state index contributed by atoms with van der Waals surface area (Å²) in [4.78, 5) is 0. The molecule has 1 heteroatoms. The molecule has 0 atom stereocenters. The van der Waals surface area contributed by atoms with E-state index in [9.17, 15) is 5.11 Å². The number of rotatable bonds is 3. The van der Waals surface area contributed by atoms with E-state index < -0.39 is 0 Å². The van der Waals surface area contributed by atoms with Gasteiger partial charge in [-0.1, -0.05) is 27.7 Å². The van der Waals surface area contributed by atoms with Crippen molar-refractivity contribution in [1.29, 1.82) is 0 Å². The first kappa shape index (κ1) is 9.54. The number of hydrogen-bond donors (Lipinski definition) is 1. The van der Waals surface area contributed by atoms with Gasteiger partial charge in [-0.3, -0.25) is 0 Å². The molecule has 0 aromatic rings. The van der Waals surface area contributed by atoms with E-state index in [1.54, 1.807) is 0 Å². The number of allylic oxidation sites excluding steroid dienone is 2. The van der Waals surface area contributed by atoms with E-state index in [2.05, 4.69) is 27.7 Å². The lowest BCUT2D eigenvalue weighted by Gasteiger charge is -2.04. The maximum atomic E-state index is 9.25. The first-order chi connectivity index (χ1) is 4.52. The summed E-state index contributed by atoms with van der Waals surface area (Å²) in [5.41, 5.74) is 0. The Morgan fingerprint density at radius 3 is 2.10 bits per heavy atom. The standard InChI is InChI=1S/C9H18O/c1-7(2)5-9(10)6-8(3)4/h5,7-8,10H,6H2,1-4H3. The second kappa shape index (κ2) is 4.37. The zero-order chi connectivity index (χ0) is 8.15. The molecule has 0 saturated carbocycles. The fraction of sp³-hybridized carbons (Fsp3) is 0.778. The molecule has 0 saturated heterocycles. The summed E-state index contributed by atoms with van der Waals surface area (Å²) >= 11 is 0. The molecule has 10 heavy (non-hydrogen) atoms. The highest BCUT2D eigenvalue weighted by atomic mass is 16.3. The summed E-state index contributed by atoms with van der Waals surface area (Å²) in [5.74, 6) is 1.54. The highest BCUT2D eigenvalue weighted by Crippen LogP contribution is 2.09. The Balaban J connectivity index is 3.71. The van der Waals surface area contributed by atoms with Crippen LogP contribution in [0.2, 0.25) is 0 Å². The Hall–Kier alpha value is -0.460. The van der Waals surface area contributed by atoms with Crippen molar-refractivity contribution in [2.45, 2.75) is 34.1 Å². The van der Waals surface area contributed by atoms with E-state index in [1.807, 2.05) is 6.08 Å². The highest BCUT2D eigenvalue weighted by molar-refractivity contribution is 4.93. The quantitative estimate of drug-likeness (QED) is 0.600. The van der Waals surface area contributed by atoms with E-state index in [1.165, 1.54) is 0 Å². The van der Waals surface area contributed by atoms with Gasteiger partial charge < -0.3 is 5.11 Å². The van der Waals surface area contributed by atoms with Gasteiger partial charge in [-0.2, -0.15) is 0 Å². The minimum Gasteiger partial charge on any atom is -0.513 e. The Bertz CT molecular complexity index is 112. The van der Waals surface area contributed by atoms with Gasteiger partial charge in [0.1, 0.15) is 0 Å². The molecule has 0 heterocycles. The number of aliphatic hydroxyl groups is 1. The Morgan fingerprint density at radius 2 is 1.80 bits per heavy atom. The van der Waals surface area contributed by atoms with Gasteiger partial charge in [0.05, 0.1) is 5.76 Å². The lowest BCUT2D eigenvalue weighted by molar-refractivity contribution is 0.359. The average Bonchev–Trinajstić information content (AvgIpc) is 1.58. The molecule has 0 bridgehead atoms. The molecule has 0 aliphatic rings. The molecule has 0 aromatic heterocycles. The topological polar surface area (TPSA) is 20.2 Å². The second-order valence-electron chi connectivity index (χ2n) is 3.50. The van der Waals surface area contributed by atoms with Crippen molar-refractivity contribution in [3.8, 4) is 0 Å². The van der Waals surface area contributed by atoms with E-state index in [4.69, 9.17) is 0 Å². The van der Waals surface area contributed by atoms with E-state index in [-0.39, 0.29) is 0 Å². The van der Waals surface area contributed by atoms with Crippen LogP contribution in [0.5, 0.6) is 0 Å². The van der Waals surface area contributed by atoms with Crippen LogP contribution < -0.4 is 0 Å². The summed E-state index contributed by atoms with van der Waals surface area (Å²) < 4.78 is 0. The Kier molecular flexibility index (Phi) is 4.17. The summed E-state index contributed by atoms with van der Waals surface area (Å²) in [7, 11) is 0. The lowest BCUT2D eigenvalue weighted by Crippen LogP contribution is -1.92. The van der Waals surface area contributed by atoms with Gasteiger partial charge in [0, 0.05) is 6.42 Å². The average molecular weight is 142 g/mol. The van der Waals surface area contributed by atoms with Crippen molar-refractivity contribution in [3.63, 3.8) is 0 Å². The molecule has 0 radical (unpaired) electrons. The van der Waals surface area contributed by atoms with Crippen LogP contribution in [0.3, 0.4) is 0 Å². The van der Waals surface area contributed by atoms with Crippen LogP contribution >= 0.6 is 0 Å². The summed E-state index contributed by atoms with van der Waals surface area (Å²) in [6.45, 7) is 8.34. The number of aliphatic hydroxyl groups excluding tert-OH is 1. The molecule has 1 nitrogen and oxygen atoms in total. The zero-order valence-corrected chi connectivity index (χ0v) is 7.39. The summed E-state index contributed by atoms with van der Waals surface area (Å²) in [6.07, 6.45) is 2.71. The third-order valence-electron chi connectivity index (χ3n) is 1.14. The van der Waals surface area contributed by atoms with Gasteiger partial charge in [-0.15, -0.1) is 0 Å². The van der Waals surface area contributed by atoms with Crippen molar-refractivity contribution >= 4 is 0 Å². The van der Waals surface area contributed by atoms with Crippen molar-refractivity contribution in [2.24, 2.45) is 11.8 Å². The second-order valence-corrected chi connectivity index (χ2v) is 3.50. The molecule has 0 amide bonds. The van der Waals surface area contributed by atoms with Crippen molar-refractivity contribution in [2.75, 3.05) is 0 Å². The van der Waals surface area contributed by atoms with E-state index in [0.717, 1.165) is 6.42 Å². The van der Waals surface area contributed by atoms with Crippen LogP contribution in [0.25, 0.3) is 0 Å². The van der Waals surface area contributed by atoms with Crippen LogP contribution in [0.1, 0.15) is 34.1 Å². The molecular formula is C9H18O. The SMILES string of the molecule is CC(C)C=C(O)CC(C)C. The maximum Gasteiger partial charge on any atom is 0.0888 e. The predicted molar refractivity (Wildman–Crippen MR) is 45.0 cm³/mol. The van der Waals surface area contributed by atoms with Crippen LogP contribution in [-0.4, -0.2) is 5.11 Å². The largest absolute Gasteiger partial charge is 0.513 e. The smallest absolute Gasteiger partial charge is 0.0888 e. The zero-order valence-electron chi connectivity index (χ0n) is 7.39. The van der Waals surface area contributed by atoms with Gasteiger partial charge in [0.15, 0.2) is 0 Å². The third-order valence-corrected chi connectivity index (χ3v) is 1.14. The fourth-order valence-corrected chi connectivity index (χ4v) is 0.871. The van der Waals surface area contributed by atoms with Gasteiger partial charge in [-0.05, 0) is 17.9 Å². The lowest BCUT2D eigenvalue weighted by atomic mass is 10.1. The molecule has 0 aliphatic heterocycles. The first-order valence-corrected chi connectivity index (χ1v) is 3.92. The van der Waals surface area contributed by atoms with Gasteiger partial charge in [0.2, 0.25) is 0 Å². The molecule has 0 fully saturated rings. The minimum atomic E-state index is 0.457. The van der Waals surface area contributed by atoms with Crippen molar-refractivity contribution in [3.05, 3.63) is 11.8 Å². The van der Waals surface area contributed by atoms with E-state index >= 15 is 0 Å². The summed E-state index contributed by atoms with van der Waals surface area (Å²) in [6, 6.07) is 0. The molecule has 0 aromatic carbocycles. The highest BCUT2D eigenvalue weighted by Gasteiger charge is 1.98. The molecular weight excluding hydrogens is 124 g/mol. The summed E-state index contributed by atoms with van der Waals surface area (Å²) in [5, 5.41) is 9.25. The van der Waals surface area contributed by atoms with Gasteiger partial charge >= 0.3 is 0 Å². The van der Waals surface area contributed by atoms with Crippen LogP contribution in [0, 0.1) is 11.8 Å². The maximum absolute atomic E-state index is 9.25. The Labute approximate surface area is 63.8 Å². The van der Waals surface area contributed by atoms with Crippen LogP contribution in [0.4, 0.5) is 0 Å². The molecule has 0 spiro atoms. The molecule has 0 unspecified atom stereocenters. The Morgan fingerprint density at radius 1 is 1.30 bits per heavy atom. The fourth-order valence-electron chi connectivity index (χ4n) is 0.871. The van der Waals surface area contributed by atoms with Crippen LogP contribution in [-0.2, 0) is 0 Å². The van der Waals surface area contributed by atoms with Crippen LogP contribution in [0.15, 0.2) is 11.8 Å². The first-order valence-electron chi connectivity index (χ1n) is 3.92. The molecule has 1 N–H and O–H groups in total.